The largest absolute Gasteiger partial charge is 0.507 e. The highest BCUT2D eigenvalue weighted by Crippen LogP contribution is 2.23. The van der Waals surface area contributed by atoms with Crippen LogP contribution in [0, 0.1) is 5.92 Å². The van der Waals surface area contributed by atoms with Crippen molar-refractivity contribution in [3.8, 4) is 5.75 Å². The molecule has 1 aromatic rings. The van der Waals surface area contributed by atoms with Gasteiger partial charge in [0.05, 0.1) is 0 Å². The Kier molecular flexibility index (Phi) is 6.07. The Hall–Kier alpha value is -1.75. The number of ether oxygens (including phenoxy) is 1. The molecule has 2 N–H and O–H groups in total. The third kappa shape index (κ3) is 4.91. The Labute approximate surface area is 134 Å². The predicted molar refractivity (Wildman–Crippen MR) is 83.0 cm³/mol. The molecular weight excluding hydrogens is 306 g/mol. The van der Waals surface area contributed by atoms with Crippen molar-refractivity contribution >= 4 is 23.5 Å². The summed E-state index contributed by atoms with van der Waals surface area (Å²) in [6.45, 7) is 0.274. The average Bonchev–Trinajstić information content (AvgIpc) is 2.51. The van der Waals surface area contributed by atoms with E-state index >= 15 is 0 Å². The first-order valence-electron chi connectivity index (χ1n) is 7.48. The standard InChI is InChI=1S/C16H20ClNO4/c17-12-6-7-13(14(19)8-12)16(21)22-10-15(20)18-9-11-4-2-1-3-5-11/h6-8,11,19H,1-5,9-10H2,(H,18,20). The topological polar surface area (TPSA) is 75.6 Å². The summed E-state index contributed by atoms with van der Waals surface area (Å²) in [5, 5.41) is 12.7. The van der Waals surface area contributed by atoms with Crippen molar-refractivity contribution in [2.24, 2.45) is 5.92 Å². The third-order valence-electron chi connectivity index (χ3n) is 3.83. The van der Waals surface area contributed by atoms with E-state index in [0.717, 1.165) is 12.8 Å². The minimum Gasteiger partial charge on any atom is -0.507 e. The van der Waals surface area contributed by atoms with Gasteiger partial charge >= 0.3 is 5.97 Å². The maximum Gasteiger partial charge on any atom is 0.342 e. The molecule has 1 saturated carbocycles. The molecule has 2 rings (SSSR count). The zero-order chi connectivity index (χ0) is 15.9. The number of hydrogen-bond donors (Lipinski definition) is 2. The molecule has 1 aromatic carbocycles. The van der Waals surface area contributed by atoms with Crippen molar-refractivity contribution in [3.63, 3.8) is 0 Å². The zero-order valence-electron chi connectivity index (χ0n) is 12.3. The van der Waals surface area contributed by atoms with Crippen molar-refractivity contribution in [1.29, 1.82) is 0 Å². The lowest BCUT2D eigenvalue weighted by atomic mass is 9.89. The molecular formula is C16H20ClNO4. The molecule has 0 atom stereocenters. The van der Waals surface area contributed by atoms with Crippen molar-refractivity contribution in [3.05, 3.63) is 28.8 Å². The number of nitrogens with one attached hydrogen (secondary N) is 1. The van der Waals surface area contributed by atoms with Crippen LogP contribution >= 0.6 is 11.6 Å². The van der Waals surface area contributed by atoms with E-state index in [-0.39, 0.29) is 23.8 Å². The summed E-state index contributed by atoms with van der Waals surface area (Å²) in [5.74, 6) is -0.816. The number of carbonyl (C=O) groups is 2. The molecule has 0 saturated heterocycles. The molecule has 1 fully saturated rings. The van der Waals surface area contributed by atoms with Gasteiger partial charge in [-0.1, -0.05) is 30.9 Å². The molecule has 1 aliphatic carbocycles. The summed E-state index contributed by atoms with van der Waals surface area (Å²) in [4.78, 5) is 23.5. The first-order valence-corrected chi connectivity index (χ1v) is 7.86. The summed E-state index contributed by atoms with van der Waals surface area (Å²) < 4.78 is 4.90. The fourth-order valence-electron chi connectivity index (χ4n) is 2.59. The number of benzene rings is 1. The molecule has 5 nitrogen and oxygen atoms in total. The number of carbonyl (C=O) groups excluding carboxylic acids is 2. The van der Waals surface area contributed by atoms with Crippen molar-refractivity contribution in [1.82, 2.24) is 5.32 Å². The molecule has 0 bridgehead atoms. The number of amides is 1. The maximum absolute atomic E-state index is 11.8. The minimum absolute atomic E-state index is 0.00974. The van der Waals surface area contributed by atoms with Crippen LogP contribution in [-0.2, 0) is 9.53 Å². The van der Waals surface area contributed by atoms with Gasteiger partial charge in [-0.15, -0.1) is 0 Å². The molecule has 1 amide bonds. The molecule has 0 heterocycles. The average molecular weight is 326 g/mol. The van der Waals surface area contributed by atoms with Gasteiger partial charge in [-0.25, -0.2) is 4.79 Å². The Morgan fingerprint density at radius 1 is 1.27 bits per heavy atom. The molecule has 22 heavy (non-hydrogen) atoms. The second kappa shape index (κ2) is 8.03. The number of esters is 1. The Balaban J connectivity index is 1.74. The van der Waals surface area contributed by atoms with E-state index in [0.29, 0.717) is 17.5 Å². The van der Waals surface area contributed by atoms with Crippen LogP contribution in [0.2, 0.25) is 5.02 Å². The van der Waals surface area contributed by atoms with Crippen LogP contribution in [0.25, 0.3) is 0 Å². The molecule has 0 radical (unpaired) electrons. The normalized spacial score (nSPS) is 15.3. The SMILES string of the molecule is O=C(COC(=O)c1ccc(Cl)cc1O)NCC1CCCCC1. The smallest absolute Gasteiger partial charge is 0.342 e. The van der Waals surface area contributed by atoms with Crippen LogP contribution < -0.4 is 5.32 Å². The number of aromatic hydroxyl groups is 1. The van der Waals surface area contributed by atoms with E-state index in [4.69, 9.17) is 16.3 Å². The molecule has 0 spiro atoms. The molecule has 0 unspecified atom stereocenters. The number of phenolic OH excluding ortho intramolecular Hbond substituents is 1. The fraction of sp³-hybridized carbons (Fsp3) is 0.500. The molecule has 1 aliphatic rings. The van der Waals surface area contributed by atoms with Gasteiger partial charge < -0.3 is 15.2 Å². The second-order valence-corrected chi connectivity index (χ2v) is 5.98. The lowest BCUT2D eigenvalue weighted by molar-refractivity contribution is -0.124. The fourth-order valence-corrected chi connectivity index (χ4v) is 2.75. The number of phenols is 1. The van der Waals surface area contributed by atoms with Gasteiger partial charge in [-0.3, -0.25) is 4.79 Å². The molecule has 120 valence electrons. The van der Waals surface area contributed by atoms with Crippen LogP contribution in [0.4, 0.5) is 0 Å². The monoisotopic (exact) mass is 325 g/mol. The summed E-state index contributed by atoms with van der Waals surface area (Å²) in [7, 11) is 0. The van der Waals surface area contributed by atoms with Gasteiger partial charge in [0.1, 0.15) is 11.3 Å². The summed E-state index contributed by atoms with van der Waals surface area (Å²) in [6.07, 6.45) is 5.97. The van der Waals surface area contributed by atoms with Crippen LogP contribution in [0.15, 0.2) is 18.2 Å². The van der Waals surface area contributed by atoms with Gasteiger partial charge in [0, 0.05) is 11.6 Å². The highest BCUT2D eigenvalue weighted by Gasteiger charge is 2.17. The van der Waals surface area contributed by atoms with Gasteiger partial charge in [0.2, 0.25) is 0 Å². The quantitative estimate of drug-likeness (QED) is 0.816. The zero-order valence-corrected chi connectivity index (χ0v) is 13.1. The van der Waals surface area contributed by atoms with Crippen molar-refractivity contribution in [2.75, 3.05) is 13.2 Å². The van der Waals surface area contributed by atoms with Gasteiger partial charge in [-0.2, -0.15) is 0 Å². The van der Waals surface area contributed by atoms with E-state index in [2.05, 4.69) is 5.32 Å². The van der Waals surface area contributed by atoms with Gasteiger partial charge in [0.25, 0.3) is 5.91 Å². The summed E-state index contributed by atoms with van der Waals surface area (Å²) in [6, 6.07) is 4.09. The van der Waals surface area contributed by atoms with Crippen molar-refractivity contribution in [2.45, 2.75) is 32.1 Å². The van der Waals surface area contributed by atoms with Crippen molar-refractivity contribution < 1.29 is 19.4 Å². The molecule has 6 heteroatoms. The van der Waals surface area contributed by atoms with Crippen LogP contribution in [0.3, 0.4) is 0 Å². The van der Waals surface area contributed by atoms with Crippen LogP contribution in [0.1, 0.15) is 42.5 Å². The third-order valence-corrected chi connectivity index (χ3v) is 4.06. The van der Waals surface area contributed by atoms with E-state index in [1.807, 2.05) is 0 Å². The van der Waals surface area contributed by atoms with Crippen LogP contribution in [-0.4, -0.2) is 30.1 Å². The first kappa shape index (κ1) is 16.6. The molecule has 0 aromatic heterocycles. The van der Waals surface area contributed by atoms with Crippen LogP contribution in [0.5, 0.6) is 5.75 Å². The van der Waals surface area contributed by atoms with Gasteiger partial charge in [0.15, 0.2) is 6.61 Å². The highest BCUT2D eigenvalue weighted by atomic mass is 35.5. The van der Waals surface area contributed by atoms with E-state index in [9.17, 15) is 14.7 Å². The van der Waals surface area contributed by atoms with Gasteiger partial charge in [-0.05, 0) is 37.0 Å². The number of halogens is 1. The Morgan fingerprint density at radius 3 is 2.68 bits per heavy atom. The Bertz CT molecular complexity index is 541. The van der Waals surface area contributed by atoms with E-state index < -0.39 is 5.97 Å². The predicted octanol–water partition coefficient (Wildman–Crippen LogP) is 2.90. The first-order chi connectivity index (χ1) is 10.6. The second-order valence-electron chi connectivity index (χ2n) is 5.55. The van der Waals surface area contributed by atoms with E-state index in [1.165, 1.54) is 37.5 Å². The lowest BCUT2D eigenvalue weighted by Gasteiger charge is -2.21. The Morgan fingerprint density at radius 2 is 2.00 bits per heavy atom. The lowest BCUT2D eigenvalue weighted by Crippen LogP contribution is -2.33. The highest BCUT2D eigenvalue weighted by molar-refractivity contribution is 6.30. The summed E-state index contributed by atoms with van der Waals surface area (Å²) in [5.41, 5.74) is -0.00974. The summed E-state index contributed by atoms with van der Waals surface area (Å²) >= 11 is 5.69. The minimum atomic E-state index is -0.748. The number of rotatable bonds is 5. The maximum atomic E-state index is 11.8. The number of hydrogen-bond acceptors (Lipinski definition) is 4. The molecule has 0 aliphatic heterocycles. The van der Waals surface area contributed by atoms with E-state index in [1.54, 1.807) is 0 Å².